The third kappa shape index (κ3) is 2.92. The van der Waals surface area contributed by atoms with Crippen LogP contribution in [0.5, 0.6) is 0 Å². The summed E-state index contributed by atoms with van der Waals surface area (Å²) >= 11 is 0. The Hall–Kier alpha value is -3.67. The molecule has 2 amide bonds. The predicted octanol–water partition coefficient (Wildman–Crippen LogP) is 3.15. The molecule has 0 saturated heterocycles. The van der Waals surface area contributed by atoms with Gasteiger partial charge in [0.1, 0.15) is 0 Å². The number of H-pyrrole nitrogens is 1. The summed E-state index contributed by atoms with van der Waals surface area (Å²) in [4.78, 5) is 31.4. The zero-order valence-corrected chi connectivity index (χ0v) is 13.1. The first-order chi connectivity index (χ1) is 12.2. The van der Waals surface area contributed by atoms with Gasteiger partial charge < -0.3 is 15.6 Å². The van der Waals surface area contributed by atoms with E-state index < -0.39 is 0 Å². The van der Waals surface area contributed by atoms with Gasteiger partial charge in [-0.3, -0.25) is 9.59 Å². The molecule has 6 nitrogen and oxygen atoms in total. The molecule has 0 fully saturated rings. The molecule has 0 atom stereocenters. The van der Waals surface area contributed by atoms with Gasteiger partial charge in [-0.1, -0.05) is 18.2 Å². The van der Waals surface area contributed by atoms with Crippen LogP contribution in [0.4, 0.5) is 11.4 Å². The molecule has 6 heteroatoms. The van der Waals surface area contributed by atoms with E-state index in [-0.39, 0.29) is 11.8 Å². The Bertz CT molecular complexity index is 976. The van der Waals surface area contributed by atoms with E-state index in [0.717, 1.165) is 11.3 Å². The Kier molecular flexibility index (Phi) is 3.63. The largest absolute Gasteiger partial charge is 0.345 e. The van der Waals surface area contributed by atoms with Crippen molar-refractivity contribution in [1.29, 1.82) is 0 Å². The highest BCUT2D eigenvalue weighted by Gasteiger charge is 2.24. The molecule has 0 spiro atoms. The molecular formula is C19H14N4O2. The van der Waals surface area contributed by atoms with Crippen LogP contribution in [0.3, 0.4) is 0 Å². The maximum absolute atomic E-state index is 12.3. The molecule has 4 rings (SSSR count). The van der Waals surface area contributed by atoms with Crippen molar-refractivity contribution < 1.29 is 9.59 Å². The smallest absolute Gasteiger partial charge is 0.256 e. The number of rotatable bonds is 3. The molecule has 0 saturated carbocycles. The van der Waals surface area contributed by atoms with E-state index in [1.165, 1.54) is 0 Å². The van der Waals surface area contributed by atoms with Crippen molar-refractivity contribution in [2.24, 2.45) is 0 Å². The number of benzene rings is 2. The maximum atomic E-state index is 12.3. The van der Waals surface area contributed by atoms with Crippen LogP contribution in [0.1, 0.15) is 21.6 Å². The van der Waals surface area contributed by atoms with Gasteiger partial charge in [0.25, 0.3) is 11.8 Å². The molecule has 3 N–H and O–H groups in total. The molecule has 0 aliphatic carbocycles. The summed E-state index contributed by atoms with van der Waals surface area (Å²) in [5, 5.41) is 5.67. The van der Waals surface area contributed by atoms with Crippen LogP contribution in [0.25, 0.3) is 11.6 Å². The Morgan fingerprint density at radius 3 is 2.72 bits per heavy atom. The lowest BCUT2D eigenvalue weighted by Crippen LogP contribution is -2.11. The summed E-state index contributed by atoms with van der Waals surface area (Å²) in [7, 11) is 0. The highest BCUT2D eigenvalue weighted by atomic mass is 16.2. The normalized spacial score (nSPS) is 14.2. The lowest BCUT2D eigenvalue weighted by molar-refractivity contribution is -0.110. The van der Waals surface area contributed by atoms with Gasteiger partial charge in [-0.25, -0.2) is 4.98 Å². The van der Waals surface area contributed by atoms with Crippen molar-refractivity contribution in [2.45, 2.75) is 0 Å². The van der Waals surface area contributed by atoms with Gasteiger partial charge in [0.15, 0.2) is 0 Å². The van der Waals surface area contributed by atoms with E-state index in [9.17, 15) is 9.59 Å². The fourth-order valence-corrected chi connectivity index (χ4v) is 2.70. The number of hydrogen-bond acceptors (Lipinski definition) is 3. The van der Waals surface area contributed by atoms with E-state index in [1.54, 1.807) is 48.9 Å². The lowest BCUT2D eigenvalue weighted by atomic mass is 10.1. The molecule has 3 aromatic rings. The van der Waals surface area contributed by atoms with Crippen molar-refractivity contribution in [2.75, 3.05) is 10.6 Å². The highest BCUT2D eigenvalue weighted by Crippen LogP contribution is 2.34. The second-order valence-electron chi connectivity index (χ2n) is 5.60. The van der Waals surface area contributed by atoms with Crippen LogP contribution >= 0.6 is 0 Å². The fraction of sp³-hybridized carbons (Fsp3) is 0. The van der Waals surface area contributed by atoms with Crippen LogP contribution in [0.15, 0.2) is 61.1 Å². The molecule has 122 valence electrons. The van der Waals surface area contributed by atoms with Crippen LogP contribution in [0, 0.1) is 0 Å². The molecule has 0 bridgehead atoms. The van der Waals surface area contributed by atoms with E-state index in [0.29, 0.717) is 22.5 Å². The Morgan fingerprint density at radius 1 is 1.12 bits per heavy atom. The van der Waals surface area contributed by atoms with E-state index >= 15 is 0 Å². The molecule has 25 heavy (non-hydrogen) atoms. The number of aromatic amines is 1. The van der Waals surface area contributed by atoms with Crippen LogP contribution in [0.2, 0.25) is 0 Å². The summed E-state index contributed by atoms with van der Waals surface area (Å²) in [5.41, 5.74) is 3.91. The zero-order valence-electron chi connectivity index (χ0n) is 13.1. The van der Waals surface area contributed by atoms with Crippen molar-refractivity contribution in [3.05, 3.63) is 77.9 Å². The number of fused-ring (bicyclic) bond motifs is 1. The topological polar surface area (TPSA) is 86.9 Å². The molecule has 2 heterocycles. The van der Waals surface area contributed by atoms with Gasteiger partial charge in [0.2, 0.25) is 0 Å². The quantitative estimate of drug-likeness (QED) is 0.645. The molecule has 0 radical (unpaired) electrons. The van der Waals surface area contributed by atoms with Gasteiger partial charge in [0.05, 0.1) is 23.8 Å². The summed E-state index contributed by atoms with van der Waals surface area (Å²) in [6.07, 6.45) is 4.92. The van der Waals surface area contributed by atoms with Crippen molar-refractivity contribution >= 4 is 34.8 Å². The number of hydrogen-bond donors (Lipinski definition) is 3. The summed E-state index contributed by atoms with van der Waals surface area (Å²) in [5.74, 6) is -0.381. The molecule has 1 aliphatic heterocycles. The fourth-order valence-electron chi connectivity index (χ4n) is 2.70. The molecule has 1 aromatic heterocycles. The minimum absolute atomic E-state index is 0.184. The van der Waals surface area contributed by atoms with Crippen molar-refractivity contribution in [1.82, 2.24) is 9.97 Å². The average molecular weight is 330 g/mol. The minimum Gasteiger partial charge on any atom is -0.345 e. The van der Waals surface area contributed by atoms with Crippen molar-refractivity contribution in [3.8, 4) is 0 Å². The number of carbonyl (C=O) groups is 2. The molecule has 0 unspecified atom stereocenters. The SMILES string of the molecule is O=C1Nc2ccc(NC(=O)c3ccccc3)cc2C1=Cc1cnc[nH]1. The summed E-state index contributed by atoms with van der Waals surface area (Å²) in [6.45, 7) is 0. The molecule has 2 aromatic carbocycles. The Labute approximate surface area is 143 Å². The summed E-state index contributed by atoms with van der Waals surface area (Å²) < 4.78 is 0. The van der Waals surface area contributed by atoms with Crippen LogP contribution in [-0.4, -0.2) is 21.8 Å². The number of aromatic nitrogens is 2. The van der Waals surface area contributed by atoms with E-state index in [1.807, 2.05) is 18.2 Å². The Morgan fingerprint density at radius 2 is 1.96 bits per heavy atom. The van der Waals surface area contributed by atoms with Gasteiger partial charge in [-0.2, -0.15) is 0 Å². The maximum Gasteiger partial charge on any atom is 0.256 e. The first-order valence-corrected chi connectivity index (χ1v) is 7.73. The molecule has 1 aliphatic rings. The summed E-state index contributed by atoms with van der Waals surface area (Å²) in [6, 6.07) is 14.3. The second kappa shape index (κ2) is 6.09. The highest BCUT2D eigenvalue weighted by molar-refractivity contribution is 6.35. The second-order valence-corrected chi connectivity index (χ2v) is 5.60. The average Bonchev–Trinajstić information content (AvgIpc) is 3.25. The van der Waals surface area contributed by atoms with E-state index in [2.05, 4.69) is 20.6 Å². The van der Waals surface area contributed by atoms with Gasteiger partial charge in [-0.05, 0) is 36.4 Å². The standard InChI is InChI=1S/C19H14N4O2/c24-18(12-4-2-1-3-5-12)22-13-6-7-17-15(8-13)16(19(25)23-17)9-14-10-20-11-21-14/h1-11H,(H,20,21)(H,22,24)(H,23,25). The van der Waals surface area contributed by atoms with Crippen LogP contribution in [-0.2, 0) is 4.79 Å². The van der Waals surface area contributed by atoms with Gasteiger partial charge in [-0.15, -0.1) is 0 Å². The van der Waals surface area contributed by atoms with E-state index in [4.69, 9.17) is 0 Å². The third-order valence-corrected chi connectivity index (χ3v) is 3.92. The third-order valence-electron chi connectivity index (χ3n) is 3.92. The monoisotopic (exact) mass is 330 g/mol. The number of anilines is 2. The number of nitrogens with zero attached hydrogens (tertiary/aromatic N) is 1. The molecular weight excluding hydrogens is 316 g/mol. The van der Waals surface area contributed by atoms with Crippen molar-refractivity contribution in [3.63, 3.8) is 0 Å². The number of carbonyl (C=O) groups excluding carboxylic acids is 2. The van der Waals surface area contributed by atoms with Gasteiger partial charge >= 0.3 is 0 Å². The number of nitrogens with one attached hydrogen (secondary N) is 3. The first kappa shape index (κ1) is 14.9. The minimum atomic E-state index is -0.197. The first-order valence-electron chi connectivity index (χ1n) is 7.73. The number of imidazole rings is 1. The zero-order chi connectivity index (χ0) is 17.2. The lowest BCUT2D eigenvalue weighted by Gasteiger charge is -2.07. The predicted molar refractivity (Wildman–Crippen MR) is 95.9 cm³/mol. The number of amides is 2. The Balaban J connectivity index is 1.65. The van der Waals surface area contributed by atoms with Crippen LogP contribution < -0.4 is 10.6 Å². The van der Waals surface area contributed by atoms with Gasteiger partial charge in [0, 0.05) is 22.5 Å².